The van der Waals surface area contributed by atoms with Crippen molar-refractivity contribution in [3.8, 4) is 17.6 Å². The smallest absolute Gasteiger partial charge is 0.341 e. The molecule has 0 heterocycles. The van der Waals surface area contributed by atoms with Crippen molar-refractivity contribution < 1.29 is 19.4 Å². The summed E-state index contributed by atoms with van der Waals surface area (Å²) in [6.07, 6.45) is 0. The molecule has 1 aromatic carbocycles. The maximum absolute atomic E-state index is 10.4. The third kappa shape index (κ3) is 4.15. The number of carbonyl (C=O) groups is 2. The van der Waals surface area contributed by atoms with Crippen molar-refractivity contribution in [3.05, 3.63) is 29.8 Å². The zero-order valence-corrected chi connectivity index (χ0v) is 8.27. The number of rotatable bonds is 3. The van der Waals surface area contributed by atoms with Crippen LogP contribution in [-0.4, -0.2) is 23.6 Å². The van der Waals surface area contributed by atoms with Crippen molar-refractivity contribution in [1.82, 2.24) is 0 Å². The van der Waals surface area contributed by atoms with Crippen molar-refractivity contribution >= 4 is 11.9 Å². The van der Waals surface area contributed by atoms with Crippen LogP contribution in [0.4, 0.5) is 0 Å². The Hall–Kier alpha value is -2.48. The predicted octanol–water partition coefficient (Wildman–Crippen LogP) is -0.0132. The third-order valence-electron chi connectivity index (χ3n) is 1.55. The van der Waals surface area contributed by atoms with Gasteiger partial charge in [0.05, 0.1) is 0 Å². The molecule has 0 fully saturated rings. The fraction of sp³-hybridized carbons (Fsp3) is 0.0909. The van der Waals surface area contributed by atoms with E-state index in [0.29, 0.717) is 11.3 Å². The molecule has 16 heavy (non-hydrogen) atoms. The van der Waals surface area contributed by atoms with E-state index in [0.717, 1.165) is 0 Å². The van der Waals surface area contributed by atoms with Crippen LogP contribution in [0.1, 0.15) is 5.56 Å². The van der Waals surface area contributed by atoms with Gasteiger partial charge < -0.3 is 15.6 Å². The van der Waals surface area contributed by atoms with Crippen LogP contribution >= 0.6 is 0 Å². The molecule has 0 radical (unpaired) electrons. The number of primary amides is 1. The fourth-order valence-corrected chi connectivity index (χ4v) is 0.913. The number of ether oxygens (including phenoxy) is 1. The highest BCUT2D eigenvalue weighted by Crippen LogP contribution is 2.11. The van der Waals surface area contributed by atoms with Crippen LogP contribution in [0.15, 0.2) is 24.3 Å². The van der Waals surface area contributed by atoms with Crippen LogP contribution in [0.5, 0.6) is 5.75 Å². The molecule has 0 unspecified atom stereocenters. The molecule has 82 valence electrons. The highest BCUT2D eigenvalue weighted by molar-refractivity contribution is 5.92. The van der Waals surface area contributed by atoms with Gasteiger partial charge in [-0.25, -0.2) is 4.79 Å². The average molecular weight is 219 g/mol. The standard InChI is InChI=1S/C11H9NO4/c12-10(13)6-3-8-1-4-9(5-2-8)16-7-11(14)15/h1-2,4-5H,7H2,(H2,12,13)(H,14,15). The van der Waals surface area contributed by atoms with E-state index in [-0.39, 0.29) is 0 Å². The van der Waals surface area contributed by atoms with Gasteiger partial charge in [0.2, 0.25) is 0 Å². The summed E-state index contributed by atoms with van der Waals surface area (Å²) >= 11 is 0. The molecule has 1 amide bonds. The summed E-state index contributed by atoms with van der Waals surface area (Å²) in [4.78, 5) is 20.6. The molecular weight excluding hydrogens is 210 g/mol. The lowest BCUT2D eigenvalue weighted by molar-refractivity contribution is -0.139. The summed E-state index contributed by atoms with van der Waals surface area (Å²) in [6.45, 7) is -0.397. The van der Waals surface area contributed by atoms with Gasteiger partial charge in [0.25, 0.3) is 5.91 Å². The van der Waals surface area contributed by atoms with E-state index in [2.05, 4.69) is 11.8 Å². The first-order chi connectivity index (χ1) is 7.58. The number of carbonyl (C=O) groups excluding carboxylic acids is 1. The van der Waals surface area contributed by atoms with Crippen LogP contribution in [0.25, 0.3) is 0 Å². The normalized spacial score (nSPS) is 8.75. The highest BCUT2D eigenvalue weighted by Gasteiger charge is 1.98. The summed E-state index contributed by atoms with van der Waals surface area (Å²) in [5, 5.41) is 8.38. The molecule has 3 N–H and O–H groups in total. The minimum atomic E-state index is -1.04. The quantitative estimate of drug-likeness (QED) is 0.699. The largest absolute Gasteiger partial charge is 0.482 e. The molecule has 5 heteroatoms. The second-order valence-electron chi connectivity index (χ2n) is 2.82. The number of nitrogens with two attached hydrogens (primary N) is 1. The molecule has 0 saturated heterocycles. The van der Waals surface area contributed by atoms with E-state index >= 15 is 0 Å². The van der Waals surface area contributed by atoms with Crippen molar-refractivity contribution in [1.29, 1.82) is 0 Å². The van der Waals surface area contributed by atoms with Crippen LogP contribution in [0, 0.1) is 11.8 Å². The van der Waals surface area contributed by atoms with Crippen LogP contribution in [-0.2, 0) is 9.59 Å². The lowest BCUT2D eigenvalue weighted by atomic mass is 10.2. The third-order valence-corrected chi connectivity index (χ3v) is 1.55. The van der Waals surface area contributed by atoms with Gasteiger partial charge in [-0.2, -0.15) is 0 Å². The summed E-state index contributed by atoms with van der Waals surface area (Å²) in [5.41, 5.74) is 5.45. The SMILES string of the molecule is NC(=O)C#Cc1ccc(OCC(=O)O)cc1. The zero-order valence-electron chi connectivity index (χ0n) is 8.27. The Morgan fingerprint density at radius 1 is 1.31 bits per heavy atom. The van der Waals surface area contributed by atoms with Gasteiger partial charge in [0.1, 0.15) is 5.75 Å². The van der Waals surface area contributed by atoms with Crippen molar-refractivity contribution in [2.24, 2.45) is 5.73 Å². The highest BCUT2D eigenvalue weighted by atomic mass is 16.5. The van der Waals surface area contributed by atoms with E-state index in [9.17, 15) is 9.59 Å². The van der Waals surface area contributed by atoms with E-state index in [1.807, 2.05) is 0 Å². The Kier molecular flexibility index (Phi) is 3.92. The average Bonchev–Trinajstić information content (AvgIpc) is 2.25. The monoisotopic (exact) mass is 219 g/mol. The molecule has 0 atom stereocenters. The van der Waals surface area contributed by atoms with Gasteiger partial charge >= 0.3 is 5.97 Å². The molecule has 0 saturated carbocycles. The zero-order chi connectivity index (χ0) is 12.0. The molecule has 0 spiro atoms. The molecule has 0 aliphatic rings. The van der Waals surface area contributed by atoms with Gasteiger partial charge in [0, 0.05) is 5.56 Å². The maximum atomic E-state index is 10.4. The summed E-state index contributed by atoms with van der Waals surface area (Å²) in [5.74, 6) is 3.40. The molecule has 0 aliphatic carbocycles. The van der Waals surface area contributed by atoms with Crippen molar-refractivity contribution in [3.63, 3.8) is 0 Å². The first kappa shape index (κ1) is 11.6. The Bertz CT molecular complexity index is 453. The first-order valence-corrected chi connectivity index (χ1v) is 4.34. The molecule has 5 nitrogen and oxygen atoms in total. The fourth-order valence-electron chi connectivity index (χ4n) is 0.913. The minimum Gasteiger partial charge on any atom is -0.482 e. The van der Waals surface area contributed by atoms with Gasteiger partial charge in [0.15, 0.2) is 6.61 Å². The Balaban J connectivity index is 2.65. The van der Waals surface area contributed by atoms with Crippen LogP contribution in [0.3, 0.4) is 0 Å². The molecule has 1 aromatic rings. The second kappa shape index (κ2) is 5.41. The summed E-state index contributed by atoms with van der Waals surface area (Å²) < 4.78 is 4.91. The van der Waals surface area contributed by atoms with E-state index in [1.165, 1.54) is 0 Å². The number of carboxylic acids is 1. The van der Waals surface area contributed by atoms with Crippen LogP contribution < -0.4 is 10.5 Å². The summed E-state index contributed by atoms with van der Waals surface area (Å²) in [7, 11) is 0. The van der Waals surface area contributed by atoms with E-state index in [4.69, 9.17) is 15.6 Å². The minimum absolute atomic E-state index is 0.397. The number of carboxylic acid groups (broad SMARTS) is 1. The Labute approximate surface area is 91.8 Å². The second-order valence-corrected chi connectivity index (χ2v) is 2.82. The number of aliphatic carboxylic acids is 1. The van der Waals surface area contributed by atoms with Gasteiger partial charge in [-0.3, -0.25) is 4.79 Å². The van der Waals surface area contributed by atoms with Gasteiger partial charge in [-0.15, -0.1) is 0 Å². The molecule has 0 aliphatic heterocycles. The lowest BCUT2D eigenvalue weighted by Gasteiger charge is -2.01. The first-order valence-electron chi connectivity index (χ1n) is 4.34. The molecule has 1 rings (SSSR count). The lowest BCUT2D eigenvalue weighted by Crippen LogP contribution is -2.09. The summed E-state index contributed by atoms with van der Waals surface area (Å²) in [6, 6.07) is 6.34. The predicted molar refractivity (Wildman–Crippen MR) is 55.6 cm³/mol. The van der Waals surface area contributed by atoms with Gasteiger partial charge in [-0.05, 0) is 30.2 Å². The number of hydrogen-bond donors (Lipinski definition) is 2. The Morgan fingerprint density at radius 3 is 2.44 bits per heavy atom. The Morgan fingerprint density at radius 2 is 1.94 bits per heavy atom. The molecule has 0 bridgehead atoms. The molecular formula is C11H9NO4. The van der Waals surface area contributed by atoms with Gasteiger partial charge in [-0.1, -0.05) is 5.92 Å². The van der Waals surface area contributed by atoms with Crippen molar-refractivity contribution in [2.45, 2.75) is 0 Å². The molecule has 0 aromatic heterocycles. The van der Waals surface area contributed by atoms with Crippen molar-refractivity contribution in [2.75, 3.05) is 6.61 Å². The maximum Gasteiger partial charge on any atom is 0.341 e. The number of amides is 1. The topological polar surface area (TPSA) is 89.6 Å². The van der Waals surface area contributed by atoms with Crippen LogP contribution in [0.2, 0.25) is 0 Å². The van der Waals surface area contributed by atoms with E-state index in [1.54, 1.807) is 24.3 Å². The number of benzene rings is 1. The van der Waals surface area contributed by atoms with E-state index < -0.39 is 18.5 Å². The number of hydrogen-bond acceptors (Lipinski definition) is 3.